The summed E-state index contributed by atoms with van der Waals surface area (Å²) in [5, 5.41) is 17.2. The molecule has 0 amide bonds. The zero-order chi connectivity index (χ0) is 22.1. The van der Waals surface area contributed by atoms with Crippen molar-refractivity contribution in [2.24, 2.45) is 4.99 Å². The third-order valence-electron chi connectivity index (χ3n) is 4.65. The number of aryl methyl sites for hydroxylation is 1. The summed E-state index contributed by atoms with van der Waals surface area (Å²) in [6.07, 6.45) is 0.647. The van der Waals surface area contributed by atoms with Crippen LogP contribution in [0.1, 0.15) is 30.9 Å². The number of aliphatic hydroxyl groups is 1. The van der Waals surface area contributed by atoms with Crippen molar-refractivity contribution < 1.29 is 23.7 Å². The Morgan fingerprint density at radius 2 is 1.74 bits per heavy atom. The summed E-state index contributed by atoms with van der Waals surface area (Å²) < 4.78 is 21.8. The number of rotatable bonds is 10. The van der Waals surface area contributed by atoms with Crippen LogP contribution >= 0.6 is 24.0 Å². The molecule has 0 radical (unpaired) electrons. The number of furan rings is 1. The first-order chi connectivity index (χ1) is 14.3. The first-order valence-electron chi connectivity index (χ1n) is 9.95. The summed E-state index contributed by atoms with van der Waals surface area (Å²) in [5.74, 6) is 3.92. The van der Waals surface area contributed by atoms with Gasteiger partial charge in [0.2, 0.25) is 0 Å². The average Bonchev–Trinajstić information content (AvgIpc) is 3.19. The van der Waals surface area contributed by atoms with E-state index in [2.05, 4.69) is 15.6 Å². The van der Waals surface area contributed by atoms with Crippen molar-refractivity contribution in [3.05, 3.63) is 41.3 Å². The first-order valence-corrected chi connectivity index (χ1v) is 9.95. The van der Waals surface area contributed by atoms with Crippen molar-refractivity contribution in [3.8, 4) is 17.2 Å². The quantitative estimate of drug-likeness (QED) is 0.239. The molecule has 0 aliphatic carbocycles. The zero-order valence-corrected chi connectivity index (χ0v) is 21.4. The lowest BCUT2D eigenvalue weighted by Gasteiger charge is -2.20. The number of ether oxygens (including phenoxy) is 3. The smallest absolute Gasteiger partial charge is 0.191 e. The Morgan fingerprint density at radius 1 is 1.10 bits per heavy atom. The molecule has 1 aromatic carbocycles. The third kappa shape index (κ3) is 7.49. The molecule has 3 N–H and O–H groups in total. The van der Waals surface area contributed by atoms with Gasteiger partial charge in [-0.2, -0.15) is 0 Å². The maximum atomic E-state index is 10.7. The fourth-order valence-electron chi connectivity index (χ4n) is 3.01. The van der Waals surface area contributed by atoms with Gasteiger partial charge in [0, 0.05) is 30.8 Å². The topological polar surface area (TPSA) is 97.5 Å². The number of benzene rings is 1. The first kappa shape index (κ1) is 26.9. The molecule has 0 aliphatic rings. The minimum atomic E-state index is -1.20. The Bertz CT molecular complexity index is 826. The van der Waals surface area contributed by atoms with E-state index in [0.717, 1.165) is 11.3 Å². The monoisotopic (exact) mass is 547 g/mol. The van der Waals surface area contributed by atoms with Gasteiger partial charge in [0.1, 0.15) is 34.4 Å². The van der Waals surface area contributed by atoms with Crippen LogP contribution in [0.3, 0.4) is 0 Å². The highest BCUT2D eigenvalue weighted by molar-refractivity contribution is 14.0. The lowest BCUT2D eigenvalue weighted by atomic mass is 10.0. The van der Waals surface area contributed by atoms with Crippen molar-refractivity contribution in [1.29, 1.82) is 0 Å². The van der Waals surface area contributed by atoms with Crippen LogP contribution in [-0.4, -0.2) is 52.0 Å². The molecule has 1 unspecified atom stereocenters. The lowest BCUT2D eigenvalue weighted by molar-refractivity contribution is 0.0428. The molecule has 0 fully saturated rings. The SMILES string of the molecule is CCNC(=NCC(C)(O)c1ccc(C)o1)NCCc1c(OC)cc(OC)cc1OC.I. The Balaban J connectivity index is 0.00000480. The second-order valence-electron chi connectivity index (χ2n) is 7.07. The molecule has 2 rings (SSSR count). The summed E-state index contributed by atoms with van der Waals surface area (Å²) >= 11 is 0. The fourth-order valence-corrected chi connectivity index (χ4v) is 3.01. The van der Waals surface area contributed by atoms with Gasteiger partial charge in [0.15, 0.2) is 5.96 Å². The summed E-state index contributed by atoms with van der Waals surface area (Å²) in [6.45, 7) is 6.96. The molecule has 2 aromatic rings. The Kier molecular flexibility index (Phi) is 11.0. The van der Waals surface area contributed by atoms with Crippen LogP contribution in [0.15, 0.2) is 33.7 Å². The highest BCUT2D eigenvalue weighted by atomic mass is 127. The molecule has 0 saturated carbocycles. The number of aliphatic imine (C=N–C) groups is 1. The number of guanidine groups is 1. The van der Waals surface area contributed by atoms with E-state index in [1.807, 2.05) is 32.0 Å². The summed E-state index contributed by atoms with van der Waals surface area (Å²) in [5.41, 5.74) is -0.263. The second-order valence-corrected chi connectivity index (χ2v) is 7.07. The van der Waals surface area contributed by atoms with Crippen LogP contribution in [0.25, 0.3) is 0 Å². The van der Waals surface area contributed by atoms with Crippen LogP contribution in [0.5, 0.6) is 17.2 Å². The van der Waals surface area contributed by atoms with E-state index in [4.69, 9.17) is 18.6 Å². The van der Waals surface area contributed by atoms with Gasteiger partial charge in [-0.05, 0) is 39.3 Å². The molecule has 1 heterocycles. The van der Waals surface area contributed by atoms with E-state index in [1.165, 1.54) is 0 Å². The molecular weight excluding hydrogens is 513 g/mol. The standard InChI is InChI=1S/C22H33N3O5.HI/c1-7-23-21(25-14-22(3,26)20-9-8-15(2)30-20)24-11-10-17-18(28-5)12-16(27-4)13-19(17)29-6;/h8-9,12-13,26H,7,10-11,14H2,1-6H3,(H2,23,24,25);1H. The summed E-state index contributed by atoms with van der Waals surface area (Å²) in [7, 11) is 4.84. The van der Waals surface area contributed by atoms with E-state index < -0.39 is 5.60 Å². The predicted molar refractivity (Wildman–Crippen MR) is 132 cm³/mol. The summed E-state index contributed by atoms with van der Waals surface area (Å²) in [4.78, 5) is 4.52. The normalized spacial score (nSPS) is 13.1. The van der Waals surface area contributed by atoms with Gasteiger partial charge in [0.25, 0.3) is 0 Å². The zero-order valence-electron chi connectivity index (χ0n) is 19.1. The van der Waals surface area contributed by atoms with Gasteiger partial charge < -0.3 is 34.4 Å². The van der Waals surface area contributed by atoms with Crippen LogP contribution in [0.2, 0.25) is 0 Å². The van der Waals surface area contributed by atoms with Crippen LogP contribution in [0.4, 0.5) is 0 Å². The minimum Gasteiger partial charge on any atom is -0.496 e. The molecular formula is C22H34IN3O5. The van der Waals surface area contributed by atoms with Crippen LogP contribution in [0, 0.1) is 6.92 Å². The maximum absolute atomic E-state index is 10.7. The van der Waals surface area contributed by atoms with Crippen molar-refractivity contribution in [2.45, 2.75) is 32.8 Å². The highest BCUT2D eigenvalue weighted by Gasteiger charge is 2.26. The molecule has 1 atom stereocenters. The number of hydrogen-bond donors (Lipinski definition) is 3. The Labute approximate surface area is 201 Å². The molecule has 8 nitrogen and oxygen atoms in total. The molecule has 1 aromatic heterocycles. The maximum Gasteiger partial charge on any atom is 0.191 e. The molecule has 0 bridgehead atoms. The van der Waals surface area contributed by atoms with E-state index in [0.29, 0.717) is 48.5 Å². The van der Waals surface area contributed by atoms with Gasteiger partial charge >= 0.3 is 0 Å². The summed E-state index contributed by atoms with van der Waals surface area (Å²) in [6, 6.07) is 7.26. The number of nitrogens with zero attached hydrogens (tertiary/aromatic N) is 1. The van der Waals surface area contributed by atoms with Gasteiger partial charge in [-0.15, -0.1) is 24.0 Å². The second kappa shape index (κ2) is 12.7. The minimum absolute atomic E-state index is 0. The lowest BCUT2D eigenvalue weighted by Crippen LogP contribution is -2.39. The fraction of sp³-hybridized carbons (Fsp3) is 0.500. The van der Waals surface area contributed by atoms with Crippen molar-refractivity contribution in [3.63, 3.8) is 0 Å². The van der Waals surface area contributed by atoms with E-state index >= 15 is 0 Å². The molecule has 174 valence electrons. The Morgan fingerprint density at radius 3 is 2.23 bits per heavy atom. The number of methoxy groups -OCH3 is 3. The van der Waals surface area contributed by atoms with Crippen molar-refractivity contribution in [2.75, 3.05) is 41.0 Å². The van der Waals surface area contributed by atoms with Gasteiger partial charge in [-0.3, -0.25) is 0 Å². The number of nitrogens with one attached hydrogen (secondary N) is 2. The Hall–Kier alpha value is -2.14. The van der Waals surface area contributed by atoms with Crippen LogP contribution in [-0.2, 0) is 12.0 Å². The van der Waals surface area contributed by atoms with Gasteiger partial charge in [-0.1, -0.05) is 0 Å². The van der Waals surface area contributed by atoms with Gasteiger partial charge in [0.05, 0.1) is 27.9 Å². The van der Waals surface area contributed by atoms with Gasteiger partial charge in [-0.25, -0.2) is 4.99 Å². The van der Waals surface area contributed by atoms with E-state index in [9.17, 15) is 5.11 Å². The highest BCUT2D eigenvalue weighted by Crippen LogP contribution is 2.34. The molecule has 9 heteroatoms. The largest absolute Gasteiger partial charge is 0.496 e. The number of halogens is 1. The average molecular weight is 547 g/mol. The molecule has 31 heavy (non-hydrogen) atoms. The molecule has 0 spiro atoms. The number of hydrogen-bond acceptors (Lipinski definition) is 6. The third-order valence-corrected chi connectivity index (χ3v) is 4.65. The van der Waals surface area contributed by atoms with Crippen molar-refractivity contribution in [1.82, 2.24) is 10.6 Å². The van der Waals surface area contributed by atoms with E-state index in [1.54, 1.807) is 34.3 Å². The van der Waals surface area contributed by atoms with Crippen molar-refractivity contribution >= 4 is 29.9 Å². The molecule has 0 saturated heterocycles. The predicted octanol–water partition coefficient (Wildman–Crippen LogP) is 3.24. The van der Waals surface area contributed by atoms with Crippen LogP contribution < -0.4 is 24.8 Å². The van der Waals surface area contributed by atoms with E-state index in [-0.39, 0.29) is 30.5 Å². The molecule has 0 aliphatic heterocycles.